The van der Waals surface area contributed by atoms with Crippen LogP contribution in [0.1, 0.15) is 43.7 Å². The Morgan fingerprint density at radius 3 is 2.63 bits per heavy atom. The first-order valence-electron chi connectivity index (χ1n) is 9.10. The van der Waals surface area contributed by atoms with E-state index in [9.17, 15) is 0 Å². The van der Waals surface area contributed by atoms with E-state index in [0.717, 1.165) is 54.3 Å². The molecular formula is C19H25IN6S. The van der Waals surface area contributed by atoms with Gasteiger partial charge in [-0.2, -0.15) is 5.26 Å². The second kappa shape index (κ2) is 7.95. The van der Waals surface area contributed by atoms with Gasteiger partial charge in [-0.3, -0.25) is 0 Å². The second-order valence-corrected chi connectivity index (χ2v) is 10.4. The Morgan fingerprint density at radius 1 is 1.30 bits per heavy atom. The highest BCUT2D eigenvalue weighted by Crippen LogP contribution is 2.62. The maximum absolute atomic E-state index is 9.12. The smallest absolute Gasteiger partial charge is 0.141 e. The van der Waals surface area contributed by atoms with Crippen LogP contribution in [0.25, 0.3) is 16.6 Å². The van der Waals surface area contributed by atoms with Crippen molar-refractivity contribution in [1.29, 1.82) is 5.26 Å². The lowest BCUT2D eigenvalue weighted by atomic mass is 9.77. The fraction of sp³-hybridized carbons (Fsp3) is 0.579. The van der Waals surface area contributed by atoms with Crippen LogP contribution in [0.3, 0.4) is 0 Å². The van der Waals surface area contributed by atoms with Crippen molar-refractivity contribution in [2.24, 2.45) is 11.3 Å². The number of rotatable bonds is 1. The molecule has 1 atom stereocenters. The van der Waals surface area contributed by atoms with Crippen molar-refractivity contribution in [2.45, 2.75) is 38.0 Å². The first kappa shape index (κ1) is 20.4. The molecule has 2 fully saturated rings. The number of hydrogen-bond acceptors (Lipinski definition) is 4. The summed E-state index contributed by atoms with van der Waals surface area (Å²) in [6.07, 6.45) is 15.8. The standard InChI is InChI=1S/C16H16N6.C3H9S.HI/c17-8-11-7-16(11)4-1-10(2-5-16)13-14-12-3-6-18-15(12)19-9-22(14)21-20-13;1-4(2)3;/h3,6,9-11,18H,1-2,4-5,7H2;1-3H3;1H/q;+1;/p-1. The molecule has 8 heteroatoms. The van der Waals surface area contributed by atoms with Crippen molar-refractivity contribution in [1.82, 2.24) is 24.8 Å². The lowest BCUT2D eigenvalue weighted by Crippen LogP contribution is -3.00. The summed E-state index contributed by atoms with van der Waals surface area (Å²) in [7, 11) is 0.639. The normalized spacial score (nSPS) is 26.5. The zero-order chi connectivity index (χ0) is 18.3. The molecule has 1 N–H and O–H groups in total. The molecular weight excluding hydrogens is 471 g/mol. The Kier molecular flexibility index (Phi) is 6.01. The lowest BCUT2D eigenvalue weighted by Gasteiger charge is -2.27. The van der Waals surface area contributed by atoms with Gasteiger partial charge in [0.25, 0.3) is 0 Å². The number of nitriles is 1. The first-order valence-corrected chi connectivity index (χ1v) is 11.5. The Morgan fingerprint density at radius 2 is 2.00 bits per heavy atom. The minimum atomic E-state index is 0. The van der Waals surface area contributed by atoms with Crippen LogP contribution in [-0.2, 0) is 10.9 Å². The van der Waals surface area contributed by atoms with Crippen LogP contribution in [0.2, 0.25) is 0 Å². The fourth-order valence-corrected chi connectivity index (χ4v) is 4.24. The molecule has 0 aliphatic heterocycles. The number of aromatic nitrogens is 5. The molecule has 1 unspecified atom stereocenters. The molecule has 6 nitrogen and oxygen atoms in total. The van der Waals surface area contributed by atoms with Gasteiger partial charge in [-0.05, 0) is 54.5 Å². The molecule has 27 heavy (non-hydrogen) atoms. The SMILES string of the molecule is C[S+](C)C.N#CC1CC12CCC(c1nnn3cnc4[nH]ccc4c13)CC2.[I-]. The summed E-state index contributed by atoms with van der Waals surface area (Å²) in [5, 5.41) is 18.9. The fourth-order valence-electron chi connectivity index (χ4n) is 4.24. The van der Waals surface area contributed by atoms with Gasteiger partial charge in [0.15, 0.2) is 0 Å². The average molecular weight is 496 g/mol. The van der Waals surface area contributed by atoms with Gasteiger partial charge in [0.2, 0.25) is 0 Å². The highest BCUT2D eigenvalue weighted by atomic mass is 127. The van der Waals surface area contributed by atoms with Crippen LogP contribution in [0.5, 0.6) is 0 Å². The predicted molar refractivity (Wildman–Crippen MR) is 105 cm³/mol. The Balaban J connectivity index is 0.000000386. The molecule has 3 heterocycles. The maximum Gasteiger partial charge on any atom is 0.141 e. The number of aromatic amines is 1. The van der Waals surface area contributed by atoms with E-state index < -0.39 is 0 Å². The molecule has 1 spiro atoms. The summed E-state index contributed by atoms with van der Waals surface area (Å²) in [5.41, 5.74) is 3.39. The number of halogens is 1. The highest BCUT2D eigenvalue weighted by molar-refractivity contribution is 7.94. The summed E-state index contributed by atoms with van der Waals surface area (Å²) < 4.78 is 1.78. The predicted octanol–water partition coefficient (Wildman–Crippen LogP) is 0.291. The third kappa shape index (κ3) is 3.81. The summed E-state index contributed by atoms with van der Waals surface area (Å²) in [5.74, 6) is 0.745. The van der Waals surface area contributed by atoms with E-state index in [0.29, 0.717) is 28.1 Å². The topological polar surface area (TPSA) is 82.7 Å². The van der Waals surface area contributed by atoms with Crippen molar-refractivity contribution in [3.8, 4) is 6.07 Å². The molecule has 2 saturated carbocycles. The van der Waals surface area contributed by atoms with Crippen molar-refractivity contribution in [3.63, 3.8) is 0 Å². The largest absolute Gasteiger partial charge is 1.00 e. The van der Waals surface area contributed by atoms with Gasteiger partial charge in [0.05, 0.1) is 36.4 Å². The van der Waals surface area contributed by atoms with E-state index in [4.69, 9.17) is 5.26 Å². The van der Waals surface area contributed by atoms with Crippen molar-refractivity contribution < 1.29 is 24.0 Å². The van der Waals surface area contributed by atoms with Crippen LogP contribution in [-0.4, -0.2) is 43.6 Å². The summed E-state index contributed by atoms with van der Waals surface area (Å²) in [4.78, 5) is 7.50. The third-order valence-corrected chi connectivity index (χ3v) is 5.71. The summed E-state index contributed by atoms with van der Waals surface area (Å²) in [6, 6.07) is 4.50. The highest BCUT2D eigenvalue weighted by Gasteiger charge is 2.55. The number of nitrogens with one attached hydrogen (secondary N) is 1. The van der Waals surface area contributed by atoms with Gasteiger partial charge in [-0.1, -0.05) is 5.21 Å². The number of nitrogens with zero attached hydrogens (tertiary/aromatic N) is 5. The van der Waals surface area contributed by atoms with Crippen LogP contribution in [0.4, 0.5) is 0 Å². The van der Waals surface area contributed by atoms with Gasteiger partial charge in [0, 0.05) is 17.5 Å². The Hall–Kier alpha value is -1.34. The van der Waals surface area contributed by atoms with Crippen LogP contribution in [0.15, 0.2) is 18.6 Å². The van der Waals surface area contributed by atoms with Crippen LogP contribution < -0.4 is 24.0 Å². The molecule has 0 aromatic carbocycles. The molecule has 2 aliphatic carbocycles. The van der Waals surface area contributed by atoms with E-state index >= 15 is 0 Å². The van der Waals surface area contributed by atoms with E-state index in [1.54, 1.807) is 10.8 Å². The quantitative estimate of drug-likeness (QED) is 0.388. The van der Waals surface area contributed by atoms with Gasteiger partial charge in [0.1, 0.15) is 17.5 Å². The number of H-pyrrole nitrogens is 1. The summed E-state index contributed by atoms with van der Waals surface area (Å²) in [6.45, 7) is 0. The van der Waals surface area contributed by atoms with Gasteiger partial charge < -0.3 is 29.0 Å². The van der Waals surface area contributed by atoms with Crippen molar-refractivity contribution in [2.75, 3.05) is 18.8 Å². The minimum Gasteiger partial charge on any atom is -1.00 e. The molecule has 144 valence electrons. The average Bonchev–Trinajstić information content (AvgIpc) is 2.98. The van der Waals surface area contributed by atoms with Crippen LogP contribution >= 0.6 is 0 Å². The Bertz CT molecular complexity index is 961. The van der Waals surface area contributed by atoms with Crippen molar-refractivity contribution in [3.05, 3.63) is 24.3 Å². The molecule has 0 radical (unpaired) electrons. The second-order valence-electron chi connectivity index (χ2n) is 8.00. The molecule has 0 bridgehead atoms. The van der Waals surface area contributed by atoms with E-state index in [-0.39, 0.29) is 24.0 Å². The van der Waals surface area contributed by atoms with E-state index in [1.807, 2.05) is 12.3 Å². The summed E-state index contributed by atoms with van der Waals surface area (Å²) >= 11 is 0. The number of hydrogen-bond donors (Lipinski definition) is 1. The maximum atomic E-state index is 9.12. The molecule has 0 amide bonds. The van der Waals surface area contributed by atoms with Gasteiger partial charge in [-0.25, -0.2) is 9.50 Å². The first-order chi connectivity index (χ1) is 12.5. The zero-order valence-electron chi connectivity index (χ0n) is 15.9. The van der Waals surface area contributed by atoms with E-state index in [1.165, 1.54) is 0 Å². The monoisotopic (exact) mass is 496 g/mol. The van der Waals surface area contributed by atoms with Crippen LogP contribution in [0, 0.1) is 22.7 Å². The van der Waals surface area contributed by atoms with Gasteiger partial charge in [-0.15, -0.1) is 5.10 Å². The zero-order valence-corrected chi connectivity index (χ0v) is 18.9. The lowest BCUT2D eigenvalue weighted by molar-refractivity contribution is -0.00000608. The third-order valence-electron chi connectivity index (χ3n) is 5.71. The molecule has 5 rings (SSSR count). The van der Waals surface area contributed by atoms with Gasteiger partial charge >= 0.3 is 0 Å². The van der Waals surface area contributed by atoms with E-state index in [2.05, 4.69) is 45.1 Å². The molecule has 3 aromatic rings. The molecule has 3 aromatic heterocycles. The molecule has 2 aliphatic rings. The molecule has 0 saturated heterocycles. The Labute approximate surface area is 179 Å². The minimum absolute atomic E-state index is 0. The van der Waals surface area contributed by atoms with Crippen molar-refractivity contribution >= 4 is 27.4 Å². The number of fused-ring (bicyclic) bond motifs is 3.